The van der Waals surface area contributed by atoms with E-state index in [0.29, 0.717) is 5.16 Å². The Kier molecular flexibility index (Phi) is 4.33. The van der Waals surface area contributed by atoms with Gasteiger partial charge in [0.2, 0.25) is 5.16 Å². The lowest BCUT2D eigenvalue weighted by molar-refractivity contribution is -0.384. The lowest BCUT2D eigenvalue weighted by atomic mass is 10.1. The van der Waals surface area contributed by atoms with Crippen molar-refractivity contribution in [2.75, 3.05) is 0 Å². The van der Waals surface area contributed by atoms with Crippen LogP contribution in [0.1, 0.15) is 17.7 Å². The number of thioether (sulfide) groups is 1. The van der Waals surface area contributed by atoms with Gasteiger partial charge in [0, 0.05) is 17.4 Å². The quantitative estimate of drug-likeness (QED) is 0.405. The molecule has 0 aliphatic carbocycles. The predicted octanol–water partition coefficient (Wildman–Crippen LogP) is 3.42. The molecule has 0 bridgehead atoms. The first-order valence-electron chi connectivity index (χ1n) is 6.90. The van der Waals surface area contributed by atoms with E-state index in [4.69, 9.17) is 0 Å². The van der Waals surface area contributed by atoms with E-state index in [9.17, 15) is 10.1 Å². The molecule has 0 N–H and O–H groups in total. The smallest absolute Gasteiger partial charge is 0.258 e. The van der Waals surface area contributed by atoms with Crippen molar-refractivity contribution in [1.29, 1.82) is 0 Å². The van der Waals surface area contributed by atoms with Gasteiger partial charge in [0.25, 0.3) is 5.69 Å². The van der Waals surface area contributed by atoms with Crippen LogP contribution in [-0.4, -0.2) is 25.1 Å². The zero-order valence-corrected chi connectivity index (χ0v) is 13.1. The molecule has 3 rings (SSSR count). The van der Waals surface area contributed by atoms with Crippen LogP contribution in [0.2, 0.25) is 0 Å². The fourth-order valence-electron chi connectivity index (χ4n) is 2.10. The maximum atomic E-state index is 10.9. The second-order valence-corrected chi connectivity index (χ2v) is 6.13. The minimum Gasteiger partial charge on any atom is -0.258 e. The number of nitro groups is 1. The second kappa shape index (κ2) is 6.57. The summed E-state index contributed by atoms with van der Waals surface area (Å²) >= 11 is 1.45. The van der Waals surface area contributed by atoms with E-state index in [1.54, 1.807) is 16.8 Å². The molecule has 23 heavy (non-hydrogen) atoms. The summed E-state index contributed by atoms with van der Waals surface area (Å²) in [5.74, 6) is 0. The highest BCUT2D eigenvalue weighted by Crippen LogP contribution is 2.35. The molecule has 0 radical (unpaired) electrons. The number of hydrogen-bond donors (Lipinski definition) is 0. The first-order chi connectivity index (χ1) is 11.1. The van der Waals surface area contributed by atoms with E-state index >= 15 is 0 Å². The lowest BCUT2D eigenvalue weighted by Crippen LogP contribution is -2.00. The molecule has 2 aromatic carbocycles. The molecule has 1 heterocycles. The van der Waals surface area contributed by atoms with Crippen molar-refractivity contribution in [2.45, 2.75) is 17.3 Å². The summed E-state index contributed by atoms with van der Waals surface area (Å²) in [6, 6.07) is 16.2. The molecule has 3 aromatic rings. The van der Waals surface area contributed by atoms with Crippen LogP contribution in [0.3, 0.4) is 0 Å². The highest BCUT2D eigenvalue weighted by Gasteiger charge is 2.16. The zero-order chi connectivity index (χ0) is 16.2. The molecule has 0 aliphatic heterocycles. The molecular formula is C15H13N5O2S. The zero-order valence-electron chi connectivity index (χ0n) is 12.2. The van der Waals surface area contributed by atoms with Gasteiger partial charge >= 0.3 is 0 Å². The minimum absolute atomic E-state index is 0.0247. The standard InChI is InChI=1S/C15H13N5O2S/c1-11(12-6-5-9-14(10-12)20(21)22)23-15-16-17-18-19(15)13-7-3-2-4-8-13/h2-11H,1H3/t11-/m0/s1. The summed E-state index contributed by atoms with van der Waals surface area (Å²) in [4.78, 5) is 10.5. The molecule has 0 aliphatic rings. The maximum Gasteiger partial charge on any atom is 0.269 e. The van der Waals surface area contributed by atoms with Gasteiger partial charge in [-0.15, -0.1) is 5.10 Å². The third-order valence-corrected chi connectivity index (χ3v) is 4.37. The molecule has 116 valence electrons. The average Bonchev–Trinajstić information content (AvgIpc) is 3.04. The van der Waals surface area contributed by atoms with Gasteiger partial charge in [0.15, 0.2) is 0 Å². The van der Waals surface area contributed by atoms with Gasteiger partial charge in [0.1, 0.15) is 0 Å². The van der Waals surface area contributed by atoms with Gasteiger partial charge < -0.3 is 0 Å². The molecule has 0 fully saturated rings. The third-order valence-electron chi connectivity index (χ3n) is 3.27. The summed E-state index contributed by atoms with van der Waals surface area (Å²) in [5, 5.41) is 23.3. The number of para-hydroxylation sites is 1. The van der Waals surface area contributed by atoms with Crippen LogP contribution in [0.25, 0.3) is 5.69 Å². The summed E-state index contributed by atoms with van der Waals surface area (Å²) in [6.07, 6.45) is 0. The number of rotatable bonds is 5. The number of nitrogens with zero attached hydrogens (tertiary/aromatic N) is 5. The van der Waals surface area contributed by atoms with Crippen LogP contribution in [0.4, 0.5) is 5.69 Å². The summed E-state index contributed by atoms with van der Waals surface area (Å²) in [5.41, 5.74) is 1.80. The van der Waals surface area contributed by atoms with Gasteiger partial charge in [-0.1, -0.05) is 42.1 Å². The highest BCUT2D eigenvalue weighted by atomic mass is 32.2. The van der Waals surface area contributed by atoms with Crippen molar-refractivity contribution >= 4 is 17.4 Å². The number of tetrazole rings is 1. The van der Waals surface area contributed by atoms with E-state index in [-0.39, 0.29) is 10.9 Å². The lowest BCUT2D eigenvalue weighted by Gasteiger charge is -2.11. The third kappa shape index (κ3) is 3.37. The Morgan fingerprint density at radius 3 is 2.70 bits per heavy atom. The number of benzene rings is 2. The first kappa shape index (κ1) is 15.2. The molecule has 0 amide bonds. The van der Waals surface area contributed by atoms with Crippen molar-refractivity contribution in [3.63, 3.8) is 0 Å². The molecule has 7 nitrogen and oxygen atoms in total. The van der Waals surface area contributed by atoms with E-state index in [0.717, 1.165) is 11.3 Å². The van der Waals surface area contributed by atoms with Crippen LogP contribution in [0.15, 0.2) is 59.8 Å². The molecule has 0 saturated carbocycles. The van der Waals surface area contributed by atoms with Crippen molar-refractivity contribution in [3.8, 4) is 5.69 Å². The molecule has 1 aromatic heterocycles. The SMILES string of the molecule is C[C@H](Sc1nnnn1-c1ccccc1)c1cccc([N+](=O)[O-])c1. The number of aromatic nitrogens is 4. The fraction of sp³-hybridized carbons (Fsp3) is 0.133. The summed E-state index contributed by atoms with van der Waals surface area (Å²) < 4.78 is 1.65. The van der Waals surface area contributed by atoms with Gasteiger partial charge in [0.05, 0.1) is 10.6 Å². The van der Waals surface area contributed by atoms with Gasteiger partial charge in [-0.05, 0) is 35.0 Å². The Labute approximate surface area is 136 Å². The van der Waals surface area contributed by atoms with E-state index in [1.165, 1.54) is 17.8 Å². The number of non-ortho nitro benzene ring substituents is 1. The Bertz CT molecular complexity index is 821. The van der Waals surface area contributed by atoms with Crippen molar-refractivity contribution < 1.29 is 4.92 Å². The number of nitro benzene ring substituents is 1. The van der Waals surface area contributed by atoms with Crippen molar-refractivity contribution in [3.05, 3.63) is 70.3 Å². The van der Waals surface area contributed by atoms with Gasteiger partial charge in [-0.2, -0.15) is 4.68 Å². The largest absolute Gasteiger partial charge is 0.269 e. The van der Waals surface area contributed by atoms with E-state index in [1.807, 2.05) is 43.3 Å². The minimum atomic E-state index is -0.394. The molecule has 0 unspecified atom stereocenters. The molecule has 0 saturated heterocycles. The highest BCUT2D eigenvalue weighted by molar-refractivity contribution is 7.99. The monoisotopic (exact) mass is 327 g/mol. The number of hydrogen-bond acceptors (Lipinski definition) is 6. The predicted molar refractivity (Wildman–Crippen MR) is 86.5 cm³/mol. The van der Waals surface area contributed by atoms with Crippen LogP contribution in [0.5, 0.6) is 0 Å². The Morgan fingerprint density at radius 1 is 1.17 bits per heavy atom. The molecular weight excluding hydrogens is 314 g/mol. The Morgan fingerprint density at radius 2 is 1.96 bits per heavy atom. The molecule has 1 atom stereocenters. The van der Waals surface area contributed by atoms with E-state index < -0.39 is 4.92 Å². The van der Waals surface area contributed by atoms with Gasteiger partial charge in [-0.3, -0.25) is 10.1 Å². The topological polar surface area (TPSA) is 86.7 Å². The average molecular weight is 327 g/mol. The van der Waals surface area contributed by atoms with Gasteiger partial charge in [-0.25, -0.2) is 0 Å². The van der Waals surface area contributed by atoms with Crippen LogP contribution in [-0.2, 0) is 0 Å². The fourth-order valence-corrected chi connectivity index (χ4v) is 3.03. The second-order valence-electron chi connectivity index (χ2n) is 4.82. The van der Waals surface area contributed by atoms with Crippen LogP contribution in [0, 0.1) is 10.1 Å². The van der Waals surface area contributed by atoms with E-state index in [2.05, 4.69) is 15.5 Å². The molecule has 0 spiro atoms. The first-order valence-corrected chi connectivity index (χ1v) is 7.78. The Balaban J connectivity index is 1.84. The normalized spacial score (nSPS) is 12.0. The van der Waals surface area contributed by atoms with Crippen LogP contribution < -0.4 is 0 Å². The Hall–Kier alpha value is -2.74. The maximum absolute atomic E-state index is 10.9. The van der Waals surface area contributed by atoms with Crippen molar-refractivity contribution in [1.82, 2.24) is 20.2 Å². The van der Waals surface area contributed by atoms with Crippen molar-refractivity contribution in [2.24, 2.45) is 0 Å². The summed E-state index contributed by atoms with van der Waals surface area (Å²) in [7, 11) is 0. The van der Waals surface area contributed by atoms with Crippen LogP contribution >= 0.6 is 11.8 Å². The summed E-state index contributed by atoms with van der Waals surface area (Å²) in [6.45, 7) is 1.97. The molecule has 8 heteroatoms.